The zero-order valence-electron chi connectivity index (χ0n) is 41.5. The van der Waals surface area contributed by atoms with Crippen molar-refractivity contribution in [2.24, 2.45) is 21.7 Å². The van der Waals surface area contributed by atoms with Gasteiger partial charge in [-0.1, -0.05) is 0 Å². The monoisotopic (exact) mass is 1280 g/mol. The van der Waals surface area contributed by atoms with Crippen LogP contribution in [0.5, 0.6) is 0 Å². The molecule has 0 aliphatic rings. The first kappa shape index (κ1) is 82.1. The van der Waals surface area contributed by atoms with Gasteiger partial charge in [0.15, 0.2) is 25.7 Å². The molecule has 0 aromatic rings. The average Bonchev–Trinajstić information content (AvgIpc) is 3.14. The van der Waals surface area contributed by atoms with E-state index in [0.29, 0.717) is 0 Å². The zero-order chi connectivity index (χ0) is 63.4. The Labute approximate surface area is 435 Å². The third-order valence-electron chi connectivity index (χ3n) is 9.25. The van der Waals surface area contributed by atoms with Gasteiger partial charge < -0.3 is 0 Å². The maximum atomic E-state index is 13.0. The molecule has 452 valence electrons. The summed E-state index contributed by atoms with van der Waals surface area (Å²) >= 11 is 0. The van der Waals surface area contributed by atoms with Gasteiger partial charge in [-0.2, -0.15) is 123 Å². The third-order valence-corrected chi connectivity index (χ3v) is 9.25. The van der Waals surface area contributed by atoms with Crippen LogP contribution in [0.1, 0.15) is 109 Å². The second-order valence-corrected chi connectivity index (χ2v) is 19.9. The molecule has 0 amide bonds. The minimum absolute atomic E-state index is 0. The second-order valence-electron chi connectivity index (χ2n) is 19.9. The molecule has 0 atom stereocenters. The van der Waals surface area contributed by atoms with E-state index in [1.807, 2.05) is 0 Å². The Bertz CT molecular complexity index is 1810. The van der Waals surface area contributed by atoms with Gasteiger partial charge >= 0.3 is 118 Å². The quantitative estimate of drug-likeness (QED) is 0.0815. The molecule has 0 aliphatic heterocycles. The standard InChI is InChI=1S/4C10H11F7O2.Zr/c4*1-7(2,3)5(18)4-6(19)8(11,12)9(13,14)10(15,16)17;/h4*4H2,1-3H3;/p+8. The average molecular weight is 1280 g/mol. The van der Waals surface area contributed by atoms with Gasteiger partial charge in [-0.05, 0) is 83.1 Å². The van der Waals surface area contributed by atoms with E-state index in [1.54, 1.807) is 0 Å². The predicted molar refractivity (Wildman–Crippen MR) is 216 cm³/mol. The van der Waals surface area contributed by atoms with E-state index in [1.165, 1.54) is 83.1 Å². The van der Waals surface area contributed by atoms with Crippen molar-refractivity contribution < 1.29 is 187 Å². The molecule has 0 aromatic heterocycles. The van der Waals surface area contributed by atoms with E-state index in [0.717, 1.165) is 0 Å². The van der Waals surface area contributed by atoms with Crippen molar-refractivity contribution >= 4 is 46.3 Å². The number of carbonyl (C=O) groups excluding carboxylic acids is 8. The Hall–Kier alpha value is -3.72. The van der Waals surface area contributed by atoms with E-state index >= 15 is 0 Å². The summed E-state index contributed by atoms with van der Waals surface area (Å²) in [5, 5.41) is 0. The Morgan fingerprint density at radius 3 is 0.364 bits per heavy atom. The van der Waals surface area contributed by atoms with Crippen LogP contribution in [0.15, 0.2) is 0 Å². The maximum Gasteiger partial charge on any atom is 0.460 e. The molecule has 0 saturated heterocycles. The summed E-state index contributed by atoms with van der Waals surface area (Å²) < 4.78 is 346. The van der Waals surface area contributed by atoms with Gasteiger partial charge in [-0.15, -0.1) is 0 Å². The summed E-state index contributed by atoms with van der Waals surface area (Å²) in [7, 11) is 0. The van der Waals surface area contributed by atoms with Crippen molar-refractivity contribution in [2.75, 3.05) is 0 Å². The molecule has 8 N–H and O–H groups in total. The number of halogens is 28. The van der Waals surface area contributed by atoms with Gasteiger partial charge in [0.25, 0.3) is 0 Å². The van der Waals surface area contributed by atoms with Crippen molar-refractivity contribution in [3.63, 3.8) is 0 Å². The smallest absolute Gasteiger partial charge is 0.282 e. The molecule has 0 spiro atoms. The second kappa shape index (κ2) is 25.4. The minimum atomic E-state index is -6.53. The molecule has 0 fully saturated rings. The first-order chi connectivity index (χ1) is 32.2. The molecule has 0 aromatic carbocycles. The van der Waals surface area contributed by atoms with Gasteiger partial charge in [0.1, 0.15) is 0 Å². The van der Waals surface area contributed by atoms with E-state index in [2.05, 4.69) is 0 Å². The first-order valence-corrected chi connectivity index (χ1v) is 19.9. The molecule has 0 rings (SSSR count). The van der Waals surface area contributed by atoms with Crippen molar-refractivity contribution in [3.8, 4) is 0 Å². The molecular formula is C40H52F28O8Zr+8. The van der Waals surface area contributed by atoms with Crippen molar-refractivity contribution in [1.82, 2.24) is 0 Å². The van der Waals surface area contributed by atoms with Gasteiger partial charge in [0.05, 0.1) is 21.7 Å². The summed E-state index contributed by atoms with van der Waals surface area (Å²) in [6.45, 7) is 15.6. The summed E-state index contributed by atoms with van der Waals surface area (Å²) in [4.78, 5) is 72.3. The van der Waals surface area contributed by atoms with Crippen LogP contribution in [0.3, 0.4) is 0 Å². The number of hydrogen-bond donors (Lipinski definition) is 0. The van der Waals surface area contributed by atoms with Crippen molar-refractivity contribution in [1.29, 1.82) is 0 Å². The molecule has 37 heteroatoms. The zero-order valence-corrected chi connectivity index (χ0v) is 43.9. The van der Waals surface area contributed by atoms with E-state index < -0.39 is 166 Å². The molecule has 0 aliphatic carbocycles. The third kappa shape index (κ3) is 20.4. The fourth-order valence-corrected chi connectivity index (χ4v) is 3.58. The van der Waals surface area contributed by atoms with E-state index in [-0.39, 0.29) is 26.2 Å². The molecule has 0 bridgehead atoms. The van der Waals surface area contributed by atoms with Crippen LogP contribution in [-0.2, 0) is 26.2 Å². The SMILES string of the molecule is CC(C)(C)C(=[OH+])CC(=[OH+])C(F)(F)C(F)(F)C(F)(F)F.CC(C)(C)C(=[OH+])CC(=[OH+])C(F)(F)C(F)(F)C(F)(F)F.CC(C)(C)C(=[OH+])CC(=[OH+])C(F)(F)C(F)(F)C(F)(F)F.CC(C)(C)C(=[OH+])CC(=[OH+])C(F)(F)C(F)(F)C(F)(F)F.[Zr]. The molecular weight excluding hydrogens is 1230 g/mol. The van der Waals surface area contributed by atoms with E-state index in [4.69, 9.17) is 19.2 Å². The number of alkyl halides is 28. The molecule has 0 unspecified atom stereocenters. The van der Waals surface area contributed by atoms with Crippen LogP contribution in [0.2, 0.25) is 0 Å². The van der Waals surface area contributed by atoms with Crippen LogP contribution in [0.25, 0.3) is 0 Å². The number of ketones is 8. The minimum Gasteiger partial charge on any atom is -0.282 e. The summed E-state index contributed by atoms with van der Waals surface area (Å²) in [5.74, 6) is -62.2. The van der Waals surface area contributed by atoms with Crippen LogP contribution in [0.4, 0.5) is 123 Å². The Balaban J connectivity index is -0.000000298. The molecule has 8 nitrogen and oxygen atoms in total. The fraction of sp³-hybridized carbons (Fsp3) is 0.800. The van der Waals surface area contributed by atoms with Crippen LogP contribution in [0, 0.1) is 21.7 Å². The van der Waals surface area contributed by atoms with Gasteiger partial charge in [0, 0.05) is 26.2 Å². The molecule has 0 saturated carbocycles. The Morgan fingerprint density at radius 1 is 0.208 bits per heavy atom. The van der Waals surface area contributed by atoms with E-state index in [9.17, 15) is 142 Å². The summed E-state index contributed by atoms with van der Waals surface area (Å²) in [6.07, 6.45) is -32.0. The normalized spacial score (nSPS) is 14.2. The van der Waals surface area contributed by atoms with Crippen LogP contribution < -0.4 is 0 Å². The predicted octanol–water partition coefficient (Wildman–Crippen LogP) is 13.4. The molecule has 0 heterocycles. The van der Waals surface area contributed by atoms with Gasteiger partial charge in [0.2, 0.25) is 0 Å². The summed E-state index contributed by atoms with van der Waals surface area (Å²) in [6, 6.07) is 0. The largest absolute Gasteiger partial charge is 0.460 e. The first-order valence-electron chi connectivity index (χ1n) is 19.9. The Kier molecular flexibility index (Phi) is 27.1. The Morgan fingerprint density at radius 2 is 0.299 bits per heavy atom. The summed E-state index contributed by atoms with van der Waals surface area (Å²) in [5.41, 5.74) is -4.62. The van der Waals surface area contributed by atoms with Crippen LogP contribution in [-0.4, -0.2) is 157 Å². The van der Waals surface area contributed by atoms with Gasteiger partial charge in [-0.25, -0.2) is 0 Å². The molecule has 77 heavy (non-hydrogen) atoms. The molecule has 0 radical (unpaired) electrons. The van der Waals surface area contributed by atoms with Gasteiger partial charge in [-0.3, -0.25) is 38.4 Å². The van der Waals surface area contributed by atoms with Crippen molar-refractivity contribution in [3.05, 3.63) is 0 Å². The van der Waals surface area contributed by atoms with Crippen LogP contribution >= 0.6 is 0 Å². The number of hydrogen-bond acceptors (Lipinski definition) is 0. The number of rotatable bonds is 16. The topological polar surface area (TPSA) is 171 Å². The maximum absolute atomic E-state index is 13.0. The van der Waals surface area contributed by atoms with Crippen molar-refractivity contribution in [2.45, 2.75) is 181 Å². The fourth-order valence-electron chi connectivity index (χ4n) is 3.58.